The van der Waals surface area contributed by atoms with E-state index in [9.17, 15) is 4.79 Å². The third-order valence-corrected chi connectivity index (χ3v) is 4.63. The molecule has 0 spiro atoms. The van der Waals surface area contributed by atoms with Gasteiger partial charge in [-0.05, 0) is 25.5 Å². The van der Waals surface area contributed by atoms with Crippen LogP contribution < -0.4 is 10.4 Å². The van der Waals surface area contributed by atoms with E-state index >= 15 is 0 Å². The molecule has 0 fully saturated rings. The highest BCUT2D eigenvalue weighted by atomic mass is 16.5. The zero-order chi connectivity index (χ0) is 17.4. The predicted molar refractivity (Wildman–Crippen MR) is 97.7 cm³/mol. The molecule has 1 unspecified atom stereocenters. The number of hydrogen-bond donors (Lipinski definition) is 0. The molecular formula is C22H18O3. The van der Waals surface area contributed by atoms with Gasteiger partial charge in [-0.1, -0.05) is 60.7 Å². The summed E-state index contributed by atoms with van der Waals surface area (Å²) in [6.45, 7) is 3.78. The first kappa shape index (κ1) is 15.5. The Bertz CT molecular complexity index is 1000. The van der Waals surface area contributed by atoms with Crippen LogP contribution in [-0.4, -0.2) is 0 Å². The molecule has 0 amide bonds. The summed E-state index contributed by atoms with van der Waals surface area (Å²) in [5, 5.41) is 0. The van der Waals surface area contributed by atoms with Crippen molar-refractivity contribution in [2.45, 2.75) is 19.3 Å². The molecule has 0 aliphatic carbocycles. The first-order valence-corrected chi connectivity index (χ1v) is 8.25. The van der Waals surface area contributed by atoms with Crippen LogP contribution in [0.15, 0.2) is 82.0 Å². The average molecular weight is 330 g/mol. The van der Waals surface area contributed by atoms with Crippen molar-refractivity contribution in [2.24, 2.45) is 0 Å². The highest BCUT2D eigenvalue weighted by molar-refractivity contribution is 5.70. The quantitative estimate of drug-likeness (QED) is 0.684. The second-order valence-electron chi connectivity index (χ2n) is 6.43. The van der Waals surface area contributed by atoms with Crippen LogP contribution in [0.3, 0.4) is 0 Å². The molecule has 0 saturated carbocycles. The van der Waals surface area contributed by atoms with Gasteiger partial charge in [-0.3, -0.25) is 0 Å². The number of hydrogen-bond acceptors (Lipinski definition) is 3. The zero-order valence-electron chi connectivity index (χ0n) is 14.2. The molecule has 0 radical (unpaired) electrons. The molecule has 4 rings (SSSR count). The smallest absolute Gasteiger partial charge is 0.344 e. The topological polar surface area (TPSA) is 39.4 Å². The van der Waals surface area contributed by atoms with Gasteiger partial charge in [0.2, 0.25) is 0 Å². The van der Waals surface area contributed by atoms with Gasteiger partial charge in [0.25, 0.3) is 0 Å². The predicted octanol–water partition coefficient (Wildman–Crippen LogP) is 4.69. The van der Waals surface area contributed by atoms with Crippen molar-refractivity contribution in [3.8, 4) is 5.75 Å². The lowest BCUT2D eigenvalue weighted by molar-refractivity contribution is 0.412. The minimum absolute atomic E-state index is 0.357. The van der Waals surface area contributed by atoms with Crippen molar-refractivity contribution in [1.29, 1.82) is 0 Å². The number of rotatable bonds is 2. The van der Waals surface area contributed by atoms with Crippen molar-refractivity contribution < 1.29 is 9.15 Å². The van der Waals surface area contributed by atoms with Crippen LogP contribution in [0.4, 0.5) is 0 Å². The lowest BCUT2D eigenvalue weighted by Crippen LogP contribution is -2.32. The van der Waals surface area contributed by atoms with Gasteiger partial charge in [-0.25, -0.2) is 4.79 Å². The van der Waals surface area contributed by atoms with Gasteiger partial charge in [-0.2, -0.15) is 0 Å². The summed E-state index contributed by atoms with van der Waals surface area (Å²) >= 11 is 0. The Morgan fingerprint density at radius 3 is 2.24 bits per heavy atom. The molecule has 1 atom stereocenters. The Morgan fingerprint density at radius 2 is 1.56 bits per heavy atom. The highest BCUT2D eigenvalue weighted by Gasteiger charge is 2.38. The van der Waals surface area contributed by atoms with Crippen LogP contribution >= 0.6 is 0 Å². The molecule has 3 aromatic rings. The van der Waals surface area contributed by atoms with E-state index < -0.39 is 5.41 Å². The van der Waals surface area contributed by atoms with Crippen LogP contribution in [-0.2, 0) is 5.41 Å². The number of allylic oxidation sites excluding steroid dienone is 1. The number of aryl methyl sites for hydroxylation is 1. The lowest BCUT2D eigenvalue weighted by Gasteiger charge is -2.33. The second-order valence-corrected chi connectivity index (χ2v) is 6.43. The third kappa shape index (κ3) is 2.58. The average Bonchev–Trinajstić information content (AvgIpc) is 2.62. The van der Waals surface area contributed by atoms with Crippen molar-refractivity contribution >= 4 is 5.76 Å². The SMILES string of the molecule is Cc1cc2c(c(=O)o1)C(C)(c1ccccc1)C=C(c1ccccc1)O2. The number of benzene rings is 2. The van der Waals surface area contributed by atoms with Crippen LogP contribution in [0.1, 0.15) is 29.4 Å². The molecule has 25 heavy (non-hydrogen) atoms. The van der Waals surface area contributed by atoms with Crippen molar-refractivity contribution in [2.75, 3.05) is 0 Å². The summed E-state index contributed by atoms with van der Waals surface area (Å²) in [6.07, 6.45) is 2.01. The van der Waals surface area contributed by atoms with Crippen molar-refractivity contribution in [3.05, 3.63) is 106 Å². The van der Waals surface area contributed by atoms with E-state index in [1.165, 1.54) is 0 Å². The van der Waals surface area contributed by atoms with E-state index in [0.29, 0.717) is 17.1 Å². The van der Waals surface area contributed by atoms with E-state index in [4.69, 9.17) is 9.15 Å². The van der Waals surface area contributed by atoms with Gasteiger partial charge < -0.3 is 9.15 Å². The van der Waals surface area contributed by atoms with Crippen LogP contribution in [0.25, 0.3) is 5.76 Å². The fourth-order valence-electron chi connectivity index (χ4n) is 3.37. The zero-order valence-corrected chi connectivity index (χ0v) is 14.2. The van der Waals surface area contributed by atoms with E-state index in [1.54, 1.807) is 13.0 Å². The van der Waals surface area contributed by atoms with Crippen LogP contribution in [0.2, 0.25) is 0 Å². The van der Waals surface area contributed by atoms with E-state index in [0.717, 1.165) is 16.9 Å². The summed E-state index contributed by atoms with van der Waals surface area (Å²) < 4.78 is 11.5. The number of fused-ring (bicyclic) bond motifs is 1. The fraction of sp³-hybridized carbons (Fsp3) is 0.136. The van der Waals surface area contributed by atoms with Gasteiger partial charge in [0.05, 0.1) is 11.0 Å². The summed E-state index contributed by atoms with van der Waals surface area (Å²) in [5.41, 5.74) is 1.54. The summed E-state index contributed by atoms with van der Waals surface area (Å²) in [4.78, 5) is 12.6. The first-order chi connectivity index (χ1) is 12.1. The molecule has 1 aromatic heterocycles. The van der Waals surface area contributed by atoms with Crippen LogP contribution in [0.5, 0.6) is 5.75 Å². The van der Waals surface area contributed by atoms with Gasteiger partial charge in [0.1, 0.15) is 17.3 Å². The van der Waals surface area contributed by atoms with E-state index in [2.05, 4.69) is 0 Å². The Balaban J connectivity index is 2.00. The second kappa shape index (κ2) is 5.78. The van der Waals surface area contributed by atoms with E-state index in [1.807, 2.05) is 73.7 Å². The molecule has 2 aromatic carbocycles. The first-order valence-electron chi connectivity index (χ1n) is 8.25. The molecule has 3 heteroatoms. The maximum absolute atomic E-state index is 12.6. The molecule has 2 heterocycles. The molecule has 0 saturated heterocycles. The summed E-state index contributed by atoms with van der Waals surface area (Å²) in [5.74, 6) is 1.83. The minimum atomic E-state index is -0.631. The van der Waals surface area contributed by atoms with Crippen LogP contribution in [0, 0.1) is 6.92 Å². The largest absolute Gasteiger partial charge is 0.456 e. The van der Waals surface area contributed by atoms with Crippen molar-refractivity contribution in [3.63, 3.8) is 0 Å². The van der Waals surface area contributed by atoms with Gasteiger partial charge in [-0.15, -0.1) is 0 Å². The maximum Gasteiger partial charge on any atom is 0.344 e. The van der Waals surface area contributed by atoms with E-state index in [-0.39, 0.29) is 5.63 Å². The Morgan fingerprint density at radius 1 is 0.920 bits per heavy atom. The van der Waals surface area contributed by atoms with Crippen molar-refractivity contribution in [1.82, 2.24) is 0 Å². The standard InChI is InChI=1S/C22H18O3/c1-15-13-18-20(21(23)24-15)22(2,17-11-7-4-8-12-17)14-19(25-18)16-9-5-3-6-10-16/h3-14H,1-2H3. The van der Waals surface area contributed by atoms with Gasteiger partial charge in [0.15, 0.2) is 0 Å². The summed E-state index contributed by atoms with van der Waals surface area (Å²) in [7, 11) is 0. The molecule has 124 valence electrons. The third-order valence-electron chi connectivity index (χ3n) is 4.63. The maximum atomic E-state index is 12.6. The normalized spacial score (nSPS) is 18.9. The Hall–Kier alpha value is -3.07. The lowest BCUT2D eigenvalue weighted by atomic mass is 9.74. The van der Waals surface area contributed by atoms with Gasteiger partial charge in [0, 0.05) is 11.6 Å². The minimum Gasteiger partial charge on any atom is -0.456 e. The Labute approximate surface area is 146 Å². The fourth-order valence-corrected chi connectivity index (χ4v) is 3.37. The molecule has 0 bridgehead atoms. The number of ether oxygens (including phenoxy) is 1. The molecule has 0 N–H and O–H groups in total. The highest BCUT2D eigenvalue weighted by Crippen LogP contribution is 2.43. The summed E-state index contributed by atoms with van der Waals surface area (Å²) in [6, 6.07) is 21.7. The molecular weight excluding hydrogens is 312 g/mol. The molecule has 1 aliphatic rings. The van der Waals surface area contributed by atoms with Gasteiger partial charge >= 0.3 is 5.63 Å². The molecule has 1 aliphatic heterocycles. The molecule has 3 nitrogen and oxygen atoms in total. The monoisotopic (exact) mass is 330 g/mol. The Kier molecular flexibility index (Phi) is 3.57.